The molecule has 9 heteroatoms. The molecule has 0 heterocycles. The average Bonchev–Trinajstić information content (AvgIpc) is 2.75. The Kier molecular flexibility index (Phi) is 9.31. The number of anilines is 1. The molecule has 0 bridgehead atoms. The van der Waals surface area contributed by atoms with Crippen molar-refractivity contribution < 1.29 is 18.0 Å². The first-order chi connectivity index (χ1) is 15.5. The van der Waals surface area contributed by atoms with Crippen LogP contribution in [-0.4, -0.2) is 50.5 Å². The van der Waals surface area contributed by atoms with Crippen LogP contribution in [0.25, 0.3) is 0 Å². The Bertz CT molecular complexity index is 1100. The van der Waals surface area contributed by atoms with Crippen LogP contribution in [0, 0.1) is 13.8 Å². The molecule has 0 saturated heterocycles. The van der Waals surface area contributed by atoms with Gasteiger partial charge >= 0.3 is 0 Å². The monoisotopic (exact) mass is 493 g/mol. The Morgan fingerprint density at radius 3 is 2.33 bits per heavy atom. The van der Waals surface area contributed by atoms with Gasteiger partial charge < -0.3 is 10.2 Å². The van der Waals surface area contributed by atoms with Crippen molar-refractivity contribution in [3.8, 4) is 0 Å². The molecule has 0 radical (unpaired) electrons. The van der Waals surface area contributed by atoms with Crippen molar-refractivity contribution in [1.82, 2.24) is 10.2 Å². The SMILES string of the molecule is CCCNC(=O)[C@H](C)N(Cc1ccccc1Cl)C(=O)CN(c1ccc(C)c(C)c1)S(C)(=O)=O. The van der Waals surface area contributed by atoms with Gasteiger partial charge in [-0.15, -0.1) is 0 Å². The molecule has 0 spiro atoms. The Hall–Kier alpha value is -2.58. The van der Waals surface area contributed by atoms with Crippen molar-refractivity contribution >= 4 is 39.1 Å². The lowest BCUT2D eigenvalue weighted by Gasteiger charge is -2.31. The normalized spacial score (nSPS) is 12.2. The van der Waals surface area contributed by atoms with Crippen LogP contribution in [0.4, 0.5) is 5.69 Å². The third kappa shape index (κ3) is 7.20. The second kappa shape index (κ2) is 11.5. The van der Waals surface area contributed by atoms with E-state index in [1.807, 2.05) is 26.8 Å². The van der Waals surface area contributed by atoms with Gasteiger partial charge in [0.05, 0.1) is 11.9 Å². The molecule has 7 nitrogen and oxygen atoms in total. The minimum absolute atomic E-state index is 0.0732. The first kappa shape index (κ1) is 26.7. The highest BCUT2D eigenvalue weighted by atomic mass is 35.5. The van der Waals surface area contributed by atoms with Gasteiger partial charge in [-0.25, -0.2) is 8.42 Å². The third-order valence-corrected chi connectivity index (χ3v) is 6.98. The molecule has 2 rings (SSSR count). The molecule has 2 amide bonds. The van der Waals surface area contributed by atoms with Gasteiger partial charge in [-0.05, 0) is 62.1 Å². The molecule has 0 saturated carbocycles. The first-order valence-corrected chi connectivity index (χ1v) is 13.0. The minimum Gasteiger partial charge on any atom is -0.354 e. The van der Waals surface area contributed by atoms with Crippen LogP contribution < -0.4 is 9.62 Å². The van der Waals surface area contributed by atoms with E-state index in [9.17, 15) is 18.0 Å². The van der Waals surface area contributed by atoms with Crippen molar-refractivity contribution in [2.24, 2.45) is 0 Å². The van der Waals surface area contributed by atoms with E-state index in [0.29, 0.717) is 22.8 Å². The van der Waals surface area contributed by atoms with Crippen molar-refractivity contribution in [3.05, 3.63) is 64.2 Å². The van der Waals surface area contributed by atoms with Crippen LogP contribution >= 0.6 is 11.6 Å². The van der Waals surface area contributed by atoms with Gasteiger partial charge in [0, 0.05) is 18.1 Å². The number of aryl methyl sites for hydroxylation is 2. The maximum absolute atomic E-state index is 13.5. The Morgan fingerprint density at radius 1 is 1.09 bits per heavy atom. The lowest BCUT2D eigenvalue weighted by atomic mass is 10.1. The predicted molar refractivity (Wildman–Crippen MR) is 133 cm³/mol. The van der Waals surface area contributed by atoms with Crippen molar-refractivity contribution in [3.63, 3.8) is 0 Å². The predicted octanol–water partition coefficient (Wildman–Crippen LogP) is 3.67. The molecule has 180 valence electrons. The summed E-state index contributed by atoms with van der Waals surface area (Å²) in [5.74, 6) is -0.813. The van der Waals surface area contributed by atoms with Gasteiger partial charge in [0.15, 0.2) is 0 Å². The molecule has 1 N–H and O–H groups in total. The quantitative estimate of drug-likeness (QED) is 0.547. The van der Waals surface area contributed by atoms with Crippen LogP contribution in [0.15, 0.2) is 42.5 Å². The van der Waals surface area contributed by atoms with E-state index < -0.39 is 28.5 Å². The van der Waals surface area contributed by atoms with Crippen LogP contribution in [-0.2, 0) is 26.2 Å². The Labute approximate surface area is 201 Å². The fraction of sp³-hybridized carbons (Fsp3) is 0.417. The summed E-state index contributed by atoms with van der Waals surface area (Å²) in [6.07, 6.45) is 1.82. The molecule has 2 aromatic carbocycles. The van der Waals surface area contributed by atoms with Crippen molar-refractivity contribution in [2.75, 3.05) is 23.7 Å². The van der Waals surface area contributed by atoms with Crippen molar-refractivity contribution in [2.45, 2.75) is 46.7 Å². The number of hydrogen-bond donors (Lipinski definition) is 1. The molecule has 1 atom stereocenters. The largest absolute Gasteiger partial charge is 0.354 e. The molecule has 0 aliphatic rings. The molecule has 0 aliphatic heterocycles. The number of halogens is 1. The van der Waals surface area contributed by atoms with E-state index in [-0.39, 0.29) is 12.5 Å². The zero-order valence-corrected chi connectivity index (χ0v) is 21.3. The van der Waals surface area contributed by atoms with E-state index in [1.165, 1.54) is 4.90 Å². The number of amides is 2. The van der Waals surface area contributed by atoms with Gasteiger partial charge in [-0.1, -0.05) is 42.8 Å². The molecular weight excluding hydrogens is 462 g/mol. The van der Waals surface area contributed by atoms with E-state index in [4.69, 9.17) is 11.6 Å². The summed E-state index contributed by atoms with van der Waals surface area (Å²) in [7, 11) is -3.76. The van der Waals surface area contributed by atoms with Gasteiger partial charge in [0.2, 0.25) is 21.8 Å². The molecule has 0 fully saturated rings. The van der Waals surface area contributed by atoms with Gasteiger partial charge in [-0.3, -0.25) is 13.9 Å². The van der Waals surface area contributed by atoms with Crippen molar-refractivity contribution in [1.29, 1.82) is 0 Å². The zero-order chi connectivity index (χ0) is 24.8. The standard InChI is InChI=1S/C24H32ClN3O4S/c1-6-13-26-24(30)19(4)27(15-20-9-7-8-10-22(20)25)23(29)16-28(33(5,31)32)21-12-11-17(2)18(3)14-21/h7-12,14,19H,6,13,15-16H2,1-5H3,(H,26,30)/t19-/m0/s1. The number of rotatable bonds is 10. The summed E-state index contributed by atoms with van der Waals surface area (Å²) in [5, 5.41) is 3.26. The van der Waals surface area contributed by atoms with Crippen LogP contribution in [0.5, 0.6) is 0 Å². The number of carbonyl (C=O) groups excluding carboxylic acids is 2. The summed E-state index contributed by atoms with van der Waals surface area (Å²) in [4.78, 5) is 27.5. The zero-order valence-electron chi connectivity index (χ0n) is 19.8. The molecule has 2 aromatic rings. The summed E-state index contributed by atoms with van der Waals surface area (Å²) in [6, 6.07) is 11.5. The Morgan fingerprint density at radius 2 is 1.76 bits per heavy atom. The van der Waals surface area contributed by atoms with E-state index >= 15 is 0 Å². The minimum atomic E-state index is -3.76. The lowest BCUT2D eigenvalue weighted by Crippen LogP contribution is -2.51. The van der Waals surface area contributed by atoms with Crippen LogP contribution in [0.3, 0.4) is 0 Å². The van der Waals surface area contributed by atoms with Gasteiger partial charge in [-0.2, -0.15) is 0 Å². The average molecular weight is 494 g/mol. The first-order valence-electron chi connectivity index (χ1n) is 10.8. The maximum atomic E-state index is 13.5. The molecule has 0 aliphatic carbocycles. The maximum Gasteiger partial charge on any atom is 0.244 e. The number of sulfonamides is 1. The number of nitrogens with one attached hydrogen (secondary N) is 1. The number of hydrogen-bond acceptors (Lipinski definition) is 4. The fourth-order valence-electron chi connectivity index (χ4n) is 3.28. The van der Waals surface area contributed by atoms with Crippen LogP contribution in [0.2, 0.25) is 5.02 Å². The molecule has 0 unspecified atom stereocenters. The fourth-order valence-corrected chi connectivity index (χ4v) is 4.32. The summed E-state index contributed by atoms with van der Waals surface area (Å²) in [6.45, 7) is 7.49. The molecule has 0 aromatic heterocycles. The number of benzene rings is 2. The van der Waals surface area contributed by atoms with Gasteiger partial charge in [0.25, 0.3) is 0 Å². The highest BCUT2D eigenvalue weighted by Gasteiger charge is 2.30. The summed E-state index contributed by atoms with van der Waals surface area (Å²) >= 11 is 6.30. The Balaban J connectivity index is 2.40. The lowest BCUT2D eigenvalue weighted by molar-refractivity contribution is -0.139. The number of nitrogens with zero attached hydrogens (tertiary/aromatic N) is 2. The number of carbonyl (C=O) groups is 2. The highest BCUT2D eigenvalue weighted by molar-refractivity contribution is 7.92. The third-order valence-electron chi connectivity index (χ3n) is 5.47. The summed E-state index contributed by atoms with van der Waals surface area (Å²) < 4.78 is 26.3. The second-order valence-corrected chi connectivity index (χ2v) is 10.4. The second-order valence-electron chi connectivity index (χ2n) is 8.12. The molecule has 33 heavy (non-hydrogen) atoms. The van der Waals surface area contributed by atoms with Gasteiger partial charge in [0.1, 0.15) is 12.6 Å². The summed E-state index contributed by atoms with van der Waals surface area (Å²) in [5.41, 5.74) is 2.99. The van der Waals surface area contributed by atoms with Crippen LogP contribution in [0.1, 0.15) is 37.0 Å². The smallest absolute Gasteiger partial charge is 0.244 e. The van der Waals surface area contributed by atoms with E-state index in [2.05, 4.69) is 5.32 Å². The van der Waals surface area contributed by atoms with E-state index in [1.54, 1.807) is 43.3 Å². The molecular formula is C24H32ClN3O4S. The topological polar surface area (TPSA) is 86.8 Å². The van der Waals surface area contributed by atoms with E-state index in [0.717, 1.165) is 28.1 Å². The highest BCUT2D eigenvalue weighted by Crippen LogP contribution is 2.23.